The summed E-state index contributed by atoms with van der Waals surface area (Å²) in [7, 11) is 4.16. The number of carbonyl (C=O) groups is 1. The van der Waals surface area contributed by atoms with Crippen molar-refractivity contribution >= 4 is 5.97 Å². The molecule has 0 aromatic rings. The molecule has 1 spiro atoms. The molecule has 2 bridgehead atoms. The van der Waals surface area contributed by atoms with Crippen molar-refractivity contribution < 1.29 is 64.2 Å². The third kappa shape index (κ3) is 12.9. The molecule has 17 atom stereocenters. The van der Waals surface area contributed by atoms with Crippen molar-refractivity contribution in [3.63, 3.8) is 0 Å². The number of aliphatic hydroxyl groups excluding tert-OH is 5. The summed E-state index contributed by atoms with van der Waals surface area (Å²) in [6.45, 7) is 14.3. The fraction of sp³-hybridized carbons (Fsp3) is 0.857. The molecule has 0 unspecified atom stereocenters. The van der Waals surface area contributed by atoms with Gasteiger partial charge >= 0.3 is 5.97 Å². The Morgan fingerprint density at radius 3 is 2.22 bits per heavy atom. The fourth-order valence-corrected chi connectivity index (χ4v) is 10.8. The maximum Gasteiger partial charge on any atom is 0.330 e. The molecule has 5 heterocycles. The molecule has 5 aliphatic heterocycles. The molecular formula is C49H83NO13. The molecule has 14 heteroatoms. The van der Waals surface area contributed by atoms with E-state index < -0.39 is 77.2 Å². The van der Waals surface area contributed by atoms with Crippen LogP contribution >= 0.6 is 0 Å². The second-order valence-corrected chi connectivity index (χ2v) is 21.1. The van der Waals surface area contributed by atoms with Gasteiger partial charge in [0.2, 0.25) is 0 Å². The standard InChI is InChI=1S/C49H83NO13/c1-11-33(51)25-39-34(36-19-18-35(50(9)10)31(4)59-36)20-24-49(63-39)28-40-29(2)37(62-49)26-38-32(27-46(5,6)61-38)17-15-13-12-14-16-22-47(7,57)45(56)43(54)42(53)30(3)44(55)48(8,58)23-21-41(52)60-40/h15,17,21,23,29-31,33-37,39-40,42-45,51,53-58H,11-14,16,18-20,22,24-28H2,1-10H3/b17-15-,23-21-/t29-,30+,31-,33+,34+,35-,36+,37-,39+,40-,42+,43-,44+,45-,47+,48+,49+/m0/s1. The van der Waals surface area contributed by atoms with Gasteiger partial charge in [-0.1, -0.05) is 45.8 Å². The van der Waals surface area contributed by atoms with Crippen molar-refractivity contribution in [1.82, 2.24) is 4.90 Å². The molecule has 14 nitrogen and oxygen atoms in total. The zero-order valence-corrected chi connectivity index (χ0v) is 39.8. The monoisotopic (exact) mass is 894 g/mol. The van der Waals surface area contributed by atoms with Crippen LogP contribution in [0.5, 0.6) is 0 Å². The lowest BCUT2D eigenvalue weighted by Crippen LogP contribution is -2.59. The molecule has 0 amide bonds. The molecule has 0 radical (unpaired) electrons. The number of allylic oxidation sites excluding steroid dienone is 2. The first kappa shape index (κ1) is 52.0. The number of aliphatic hydroxyl groups is 7. The Labute approximate surface area is 376 Å². The predicted octanol–water partition coefficient (Wildman–Crippen LogP) is 4.97. The number of likely N-dealkylation sites (N-methyl/N-ethyl adjacent to an activating group) is 1. The third-order valence-electron chi connectivity index (χ3n) is 15.0. The van der Waals surface area contributed by atoms with Gasteiger partial charge in [-0.25, -0.2) is 4.79 Å². The maximum atomic E-state index is 13.8. The van der Waals surface area contributed by atoms with Crippen LogP contribution in [0.4, 0.5) is 0 Å². The maximum absolute atomic E-state index is 13.8. The van der Waals surface area contributed by atoms with Crippen LogP contribution in [0.2, 0.25) is 0 Å². The van der Waals surface area contributed by atoms with Gasteiger partial charge in [0.1, 0.15) is 35.3 Å². The predicted molar refractivity (Wildman–Crippen MR) is 238 cm³/mol. The molecular weight excluding hydrogens is 811 g/mol. The van der Waals surface area contributed by atoms with E-state index in [1.165, 1.54) is 20.8 Å². The van der Waals surface area contributed by atoms with Crippen LogP contribution in [0, 0.1) is 17.8 Å². The average molecular weight is 894 g/mol. The Morgan fingerprint density at radius 1 is 0.841 bits per heavy atom. The third-order valence-corrected chi connectivity index (χ3v) is 15.0. The minimum Gasteiger partial charge on any atom is -0.491 e. The lowest BCUT2D eigenvalue weighted by molar-refractivity contribution is -0.354. The van der Waals surface area contributed by atoms with Crippen molar-refractivity contribution in [3.8, 4) is 0 Å². The number of fused-ring (bicyclic) bond motifs is 2. The van der Waals surface area contributed by atoms with Crippen LogP contribution in [0.25, 0.3) is 0 Å². The van der Waals surface area contributed by atoms with Crippen molar-refractivity contribution in [2.45, 2.75) is 235 Å². The van der Waals surface area contributed by atoms with E-state index >= 15 is 0 Å². The number of hydrogen-bond acceptors (Lipinski definition) is 14. The quantitative estimate of drug-likeness (QED) is 0.182. The minimum atomic E-state index is -2.07. The van der Waals surface area contributed by atoms with Crippen molar-refractivity contribution in [1.29, 1.82) is 0 Å². The first-order chi connectivity index (χ1) is 29.4. The largest absolute Gasteiger partial charge is 0.491 e. The molecule has 5 aliphatic rings. The van der Waals surface area contributed by atoms with Gasteiger partial charge in [0.15, 0.2) is 5.79 Å². The molecule has 0 aromatic heterocycles. The Balaban J connectivity index is 1.47. The Morgan fingerprint density at radius 2 is 1.56 bits per heavy atom. The van der Waals surface area contributed by atoms with E-state index in [2.05, 4.69) is 51.9 Å². The number of carbonyl (C=O) groups excluding carboxylic acids is 1. The smallest absolute Gasteiger partial charge is 0.330 e. The van der Waals surface area contributed by atoms with E-state index in [9.17, 15) is 40.5 Å². The van der Waals surface area contributed by atoms with Gasteiger partial charge in [-0.05, 0) is 112 Å². The summed E-state index contributed by atoms with van der Waals surface area (Å²) >= 11 is 0. The summed E-state index contributed by atoms with van der Waals surface area (Å²) in [4.78, 5) is 16.0. The van der Waals surface area contributed by atoms with E-state index in [0.717, 1.165) is 62.0 Å². The van der Waals surface area contributed by atoms with Crippen LogP contribution in [-0.2, 0) is 28.5 Å². The topological polar surface area (TPSA) is 208 Å². The molecule has 3 saturated heterocycles. The van der Waals surface area contributed by atoms with Crippen LogP contribution in [0.3, 0.4) is 0 Å². The molecule has 0 aliphatic carbocycles. The van der Waals surface area contributed by atoms with Crippen LogP contribution in [0.15, 0.2) is 35.6 Å². The number of rotatable bonds is 5. The van der Waals surface area contributed by atoms with Crippen LogP contribution < -0.4 is 0 Å². The van der Waals surface area contributed by atoms with Crippen molar-refractivity contribution in [2.24, 2.45) is 17.8 Å². The van der Waals surface area contributed by atoms with Gasteiger partial charge in [-0.15, -0.1) is 0 Å². The molecule has 7 N–H and O–H groups in total. The minimum absolute atomic E-state index is 0.0206. The van der Waals surface area contributed by atoms with Gasteiger partial charge in [0.25, 0.3) is 0 Å². The summed E-state index contributed by atoms with van der Waals surface area (Å²) < 4.78 is 33.8. The van der Waals surface area contributed by atoms with Gasteiger partial charge in [0.05, 0.1) is 48.3 Å². The molecule has 5 rings (SSSR count). The average Bonchev–Trinajstić information content (AvgIpc) is 3.51. The van der Waals surface area contributed by atoms with E-state index in [1.54, 1.807) is 0 Å². The number of nitrogens with zero attached hydrogens (tertiary/aromatic N) is 1. The van der Waals surface area contributed by atoms with Gasteiger partial charge in [-0.3, -0.25) is 0 Å². The molecule has 63 heavy (non-hydrogen) atoms. The summed E-state index contributed by atoms with van der Waals surface area (Å²) in [5, 5.41) is 77.8. The van der Waals surface area contributed by atoms with Crippen LogP contribution in [0.1, 0.15) is 145 Å². The molecule has 362 valence electrons. The summed E-state index contributed by atoms with van der Waals surface area (Å²) in [5.41, 5.74) is -3.20. The molecule has 0 aromatic carbocycles. The fourth-order valence-electron chi connectivity index (χ4n) is 10.8. The van der Waals surface area contributed by atoms with E-state index in [4.69, 9.17) is 23.7 Å². The first-order valence-corrected chi connectivity index (χ1v) is 23.9. The second kappa shape index (κ2) is 21.3. The zero-order chi connectivity index (χ0) is 46.7. The van der Waals surface area contributed by atoms with Gasteiger partial charge in [0, 0.05) is 55.6 Å². The highest BCUT2D eigenvalue weighted by Crippen LogP contribution is 2.49. The molecule has 0 saturated carbocycles. The number of ether oxygens (including phenoxy) is 5. The summed E-state index contributed by atoms with van der Waals surface area (Å²) in [5.74, 6) is -2.60. The summed E-state index contributed by atoms with van der Waals surface area (Å²) in [6, 6.07) is 0.310. The lowest BCUT2D eigenvalue weighted by atomic mass is 9.77. The SMILES string of the molecule is CC[C@@H](O)C[C@H]1O[C@]2(CC[C@@H]1[C@H]1CC[C@H](N(C)C)[C@H](C)O1)C[C@@H]1OC(=O)/C=C\[C@@](C)(O)[C@H](O)[C@H](C)[C@@H](O)[C@H](O)[C@H](O)[C@](C)(O)CCCCC/C=C\C3=C(C[C@H](O2)[C@@H]1C)OC(C)(C)C3. The first-order valence-electron chi connectivity index (χ1n) is 23.9. The van der Waals surface area contributed by atoms with E-state index in [0.29, 0.717) is 44.6 Å². The molecule has 3 fully saturated rings. The highest BCUT2D eigenvalue weighted by atomic mass is 16.7. The Kier molecular flexibility index (Phi) is 17.6. The van der Waals surface area contributed by atoms with Gasteiger partial charge in [-0.2, -0.15) is 0 Å². The van der Waals surface area contributed by atoms with Crippen molar-refractivity contribution in [2.75, 3.05) is 14.1 Å². The Bertz CT molecular complexity index is 1590. The normalized spacial score (nSPS) is 45.4. The van der Waals surface area contributed by atoms with E-state index in [-0.39, 0.29) is 43.0 Å². The summed E-state index contributed by atoms with van der Waals surface area (Å²) in [6.07, 6.45) is 5.68. The van der Waals surface area contributed by atoms with Crippen molar-refractivity contribution in [3.05, 3.63) is 35.6 Å². The number of esters is 1. The highest BCUT2D eigenvalue weighted by Gasteiger charge is 2.54. The van der Waals surface area contributed by atoms with Crippen LogP contribution in [-0.4, -0.2) is 150 Å². The second-order valence-electron chi connectivity index (χ2n) is 21.1. The number of hydrogen-bond donors (Lipinski definition) is 7. The highest BCUT2D eigenvalue weighted by molar-refractivity contribution is 5.82. The zero-order valence-electron chi connectivity index (χ0n) is 39.8. The van der Waals surface area contributed by atoms with E-state index in [1.807, 2.05) is 13.8 Å². The lowest BCUT2D eigenvalue weighted by Gasteiger charge is -2.54. The van der Waals surface area contributed by atoms with Gasteiger partial charge < -0.3 is 64.3 Å². The Hall–Kier alpha value is -1.95.